The van der Waals surface area contributed by atoms with Gasteiger partial charge in [-0.05, 0) is 50.1 Å². The van der Waals surface area contributed by atoms with E-state index in [1.165, 1.54) is 6.07 Å². The lowest BCUT2D eigenvalue weighted by Gasteiger charge is -2.28. The van der Waals surface area contributed by atoms with Crippen molar-refractivity contribution in [3.05, 3.63) is 53.6 Å². The van der Waals surface area contributed by atoms with Gasteiger partial charge in [-0.1, -0.05) is 15.9 Å². The predicted octanol–water partition coefficient (Wildman–Crippen LogP) is 5.52. The van der Waals surface area contributed by atoms with Gasteiger partial charge in [0.15, 0.2) is 5.76 Å². The Labute approximate surface area is 171 Å². The third-order valence-electron chi connectivity index (χ3n) is 3.53. The van der Waals surface area contributed by atoms with Gasteiger partial charge in [-0.3, -0.25) is 10.1 Å². The molecule has 0 saturated heterocycles. The zero-order valence-corrected chi connectivity index (χ0v) is 18.6. The van der Waals surface area contributed by atoms with Gasteiger partial charge in [0.2, 0.25) is 0 Å². The first-order chi connectivity index (χ1) is 11.7. The van der Waals surface area contributed by atoms with Crippen LogP contribution in [0.3, 0.4) is 0 Å². The number of ether oxygens (including phenoxy) is 1. The predicted molar refractivity (Wildman–Crippen MR) is 106 cm³/mol. The van der Waals surface area contributed by atoms with Crippen LogP contribution in [0.25, 0.3) is 0 Å². The van der Waals surface area contributed by atoms with E-state index >= 15 is 0 Å². The summed E-state index contributed by atoms with van der Waals surface area (Å²) in [6, 6.07) is 6.92. The van der Waals surface area contributed by atoms with Gasteiger partial charge >= 0.3 is 5.88 Å². The molecule has 2 rings (SSSR count). The monoisotopic (exact) mass is 539 g/mol. The molecule has 1 aromatic carbocycles. The summed E-state index contributed by atoms with van der Waals surface area (Å²) in [5.41, 5.74) is 0. The highest BCUT2D eigenvalue weighted by molar-refractivity contribution is 9.11. The maximum atomic E-state index is 10.7. The van der Waals surface area contributed by atoms with Gasteiger partial charge in [-0.2, -0.15) is 0 Å². The van der Waals surface area contributed by atoms with Crippen LogP contribution >= 0.6 is 47.8 Å². The molecule has 0 fully saturated rings. The van der Waals surface area contributed by atoms with Crippen LogP contribution < -0.4 is 4.74 Å². The Morgan fingerprint density at radius 3 is 2.40 bits per heavy atom. The average molecular weight is 542 g/mol. The van der Waals surface area contributed by atoms with Crippen LogP contribution in [-0.4, -0.2) is 36.7 Å². The summed E-state index contributed by atoms with van der Waals surface area (Å²) in [6.45, 7) is 2.00. The molecule has 0 aliphatic rings. The molecule has 0 radical (unpaired) electrons. The number of rotatable bonds is 8. The average Bonchev–Trinajstić information content (AvgIpc) is 2.93. The van der Waals surface area contributed by atoms with E-state index in [0.29, 0.717) is 23.4 Å². The van der Waals surface area contributed by atoms with E-state index in [2.05, 4.69) is 61.9 Å². The molecule has 0 saturated carbocycles. The molecule has 0 aliphatic carbocycles. The Morgan fingerprint density at radius 1 is 1.20 bits per heavy atom. The van der Waals surface area contributed by atoms with Gasteiger partial charge in [-0.15, -0.1) is 0 Å². The van der Waals surface area contributed by atoms with Crippen LogP contribution in [-0.2, 0) is 6.54 Å². The second kappa shape index (κ2) is 8.66. The summed E-state index contributed by atoms with van der Waals surface area (Å²) in [5, 5.41) is 10.7. The summed E-state index contributed by atoms with van der Waals surface area (Å²) >= 11 is 10.4. The second-order valence-corrected chi connectivity index (χ2v) is 8.84. The van der Waals surface area contributed by atoms with Crippen molar-refractivity contribution in [1.29, 1.82) is 0 Å². The molecule has 6 nitrogen and oxygen atoms in total. The van der Waals surface area contributed by atoms with Crippen LogP contribution in [0.2, 0.25) is 0 Å². The summed E-state index contributed by atoms with van der Waals surface area (Å²) in [4.78, 5) is 10.2. The molecule has 0 amide bonds. The largest absolute Gasteiger partial charge is 0.491 e. The Balaban J connectivity index is 1.84. The minimum Gasteiger partial charge on any atom is -0.491 e. The molecular formula is C16H18Br3N2O4+. The number of halogens is 3. The number of hydrogen-bond acceptors (Lipinski definition) is 4. The molecule has 25 heavy (non-hydrogen) atoms. The Hall–Kier alpha value is -0.900. The van der Waals surface area contributed by atoms with Crippen molar-refractivity contribution in [2.24, 2.45) is 0 Å². The van der Waals surface area contributed by atoms with Gasteiger partial charge < -0.3 is 13.6 Å². The molecule has 1 aromatic heterocycles. The molecule has 0 N–H and O–H groups in total. The van der Waals surface area contributed by atoms with E-state index in [-0.39, 0.29) is 5.88 Å². The molecule has 9 heteroatoms. The van der Waals surface area contributed by atoms with Gasteiger partial charge in [-0.25, -0.2) is 0 Å². The van der Waals surface area contributed by atoms with Gasteiger partial charge in [0.05, 0.1) is 42.3 Å². The number of nitrogens with zero attached hydrogens (tertiary/aromatic N) is 2. The molecule has 0 spiro atoms. The van der Waals surface area contributed by atoms with E-state index < -0.39 is 4.92 Å². The van der Waals surface area contributed by atoms with E-state index in [1.807, 2.05) is 12.1 Å². The van der Waals surface area contributed by atoms with Crippen LogP contribution in [0.1, 0.15) is 12.2 Å². The fourth-order valence-electron chi connectivity index (χ4n) is 2.38. The van der Waals surface area contributed by atoms with Gasteiger partial charge in [0.25, 0.3) is 0 Å². The molecule has 1 heterocycles. The maximum absolute atomic E-state index is 10.7. The minimum absolute atomic E-state index is 0.219. The van der Waals surface area contributed by atoms with Crippen molar-refractivity contribution >= 4 is 53.7 Å². The van der Waals surface area contributed by atoms with E-state index in [4.69, 9.17) is 9.15 Å². The highest BCUT2D eigenvalue weighted by atomic mass is 79.9. The van der Waals surface area contributed by atoms with Crippen LogP contribution in [0, 0.1) is 10.1 Å². The number of hydrogen-bond donors (Lipinski definition) is 0. The summed E-state index contributed by atoms with van der Waals surface area (Å²) < 4.78 is 14.5. The van der Waals surface area contributed by atoms with Crippen molar-refractivity contribution in [2.45, 2.75) is 13.0 Å². The Kier molecular flexibility index (Phi) is 7.07. The standard InChI is InChI=1S/C16H18Br3N2O4/c1-21(2,10-12-4-5-15(25-12)20(22)23)6-3-7-24-16-13(18)8-11(17)9-14(16)19/h4-5,8-9H,3,6-7,10H2,1-2H3/q+1. The lowest BCUT2D eigenvalue weighted by atomic mass is 10.3. The van der Waals surface area contributed by atoms with Crippen molar-refractivity contribution in [2.75, 3.05) is 27.2 Å². The fourth-order valence-corrected chi connectivity index (χ4v) is 4.87. The Morgan fingerprint density at radius 2 is 1.84 bits per heavy atom. The van der Waals surface area contributed by atoms with Crippen molar-refractivity contribution in [3.8, 4) is 5.75 Å². The zero-order valence-electron chi connectivity index (χ0n) is 13.8. The number of furan rings is 1. The number of nitro groups is 1. The first-order valence-corrected chi connectivity index (χ1v) is 9.88. The van der Waals surface area contributed by atoms with E-state index in [9.17, 15) is 10.1 Å². The third-order valence-corrected chi connectivity index (χ3v) is 5.16. The fraction of sp³-hybridized carbons (Fsp3) is 0.375. The molecular weight excluding hydrogens is 524 g/mol. The molecule has 136 valence electrons. The van der Waals surface area contributed by atoms with Crippen LogP contribution in [0.4, 0.5) is 5.88 Å². The normalized spacial score (nSPS) is 11.6. The lowest BCUT2D eigenvalue weighted by molar-refractivity contribution is -0.904. The second-order valence-electron chi connectivity index (χ2n) is 6.22. The minimum atomic E-state index is -0.523. The highest BCUT2D eigenvalue weighted by Crippen LogP contribution is 2.36. The summed E-state index contributed by atoms with van der Waals surface area (Å²) in [6.07, 6.45) is 0.838. The summed E-state index contributed by atoms with van der Waals surface area (Å²) in [7, 11) is 4.11. The van der Waals surface area contributed by atoms with Crippen molar-refractivity contribution < 1.29 is 18.6 Å². The van der Waals surface area contributed by atoms with Crippen LogP contribution in [0.5, 0.6) is 5.75 Å². The first-order valence-electron chi connectivity index (χ1n) is 7.50. The molecule has 0 bridgehead atoms. The number of quaternary nitrogens is 1. The molecule has 2 aromatic rings. The van der Waals surface area contributed by atoms with Gasteiger partial charge in [0, 0.05) is 10.9 Å². The van der Waals surface area contributed by atoms with E-state index in [1.54, 1.807) is 6.07 Å². The molecule has 0 atom stereocenters. The van der Waals surface area contributed by atoms with E-state index in [0.717, 1.165) is 32.1 Å². The lowest BCUT2D eigenvalue weighted by Crippen LogP contribution is -2.40. The van der Waals surface area contributed by atoms with Crippen LogP contribution in [0.15, 0.2) is 42.1 Å². The van der Waals surface area contributed by atoms with Gasteiger partial charge in [0.1, 0.15) is 17.2 Å². The van der Waals surface area contributed by atoms with Crippen molar-refractivity contribution in [1.82, 2.24) is 0 Å². The highest BCUT2D eigenvalue weighted by Gasteiger charge is 2.21. The third kappa shape index (κ3) is 6.09. The molecule has 0 unspecified atom stereocenters. The maximum Gasteiger partial charge on any atom is 0.433 e. The zero-order chi connectivity index (χ0) is 18.6. The SMILES string of the molecule is C[N+](C)(CCCOc1c(Br)cc(Br)cc1Br)Cc1ccc([N+](=O)[O-])o1. The summed E-state index contributed by atoms with van der Waals surface area (Å²) in [5.74, 6) is 1.16. The quantitative estimate of drug-likeness (QED) is 0.191. The molecule has 0 aliphatic heterocycles. The van der Waals surface area contributed by atoms with Crippen molar-refractivity contribution in [3.63, 3.8) is 0 Å². The Bertz CT molecular complexity index is 739. The number of benzene rings is 1. The topological polar surface area (TPSA) is 65.5 Å². The smallest absolute Gasteiger partial charge is 0.433 e. The first kappa shape index (κ1) is 20.4.